The van der Waals surface area contributed by atoms with Crippen LogP contribution in [0.5, 0.6) is 0 Å². The number of amides is 2. The molecule has 0 bridgehead atoms. The number of hydrogen-bond donors (Lipinski definition) is 3. The molecule has 1 aliphatic heterocycles. The molecule has 1 aliphatic rings. The van der Waals surface area contributed by atoms with E-state index >= 15 is 0 Å². The van der Waals surface area contributed by atoms with Gasteiger partial charge >= 0.3 is 10.2 Å². The summed E-state index contributed by atoms with van der Waals surface area (Å²) in [6, 6.07) is 13.7. The minimum Gasteiger partial charge on any atom is -0.324 e. The van der Waals surface area contributed by atoms with Gasteiger partial charge in [-0.2, -0.15) is 12.7 Å². The first-order valence-electron chi connectivity index (χ1n) is 10.5. The highest BCUT2D eigenvalue weighted by Crippen LogP contribution is 2.27. The molecule has 10 nitrogen and oxygen atoms in total. The van der Waals surface area contributed by atoms with Crippen molar-refractivity contribution in [3.8, 4) is 0 Å². The lowest BCUT2D eigenvalue weighted by molar-refractivity contribution is -0.125. The van der Waals surface area contributed by atoms with Gasteiger partial charge in [-0.25, -0.2) is 14.7 Å². The minimum atomic E-state index is -3.90. The standard InChI is InChI=1S/C23H24N6O4S/c1-15-5-10-18(13-19(15)27-22-24-11-4-12-25-22)26-20(30)17-8-6-16(7-9-17)14-29-23(2,3)21(31)28-34(29,32)33/h4-13H,14H2,1-3H3,(H,26,30)(H,28,31)(H,24,25,27). The molecule has 176 valence electrons. The largest absolute Gasteiger partial charge is 0.324 e. The summed E-state index contributed by atoms with van der Waals surface area (Å²) in [5.74, 6) is -0.442. The van der Waals surface area contributed by atoms with E-state index in [1.807, 2.05) is 17.7 Å². The van der Waals surface area contributed by atoms with E-state index in [-0.39, 0.29) is 12.5 Å². The number of carbonyl (C=O) groups excluding carboxylic acids is 2. The van der Waals surface area contributed by atoms with Crippen molar-refractivity contribution in [2.24, 2.45) is 0 Å². The lowest BCUT2D eigenvalue weighted by atomic mass is 10.0. The number of aromatic nitrogens is 2. The number of nitrogens with one attached hydrogen (secondary N) is 3. The maximum Gasteiger partial charge on any atom is 0.305 e. The van der Waals surface area contributed by atoms with Gasteiger partial charge in [0.25, 0.3) is 11.8 Å². The van der Waals surface area contributed by atoms with Gasteiger partial charge in [0.1, 0.15) is 5.54 Å². The van der Waals surface area contributed by atoms with Crippen LogP contribution in [0.2, 0.25) is 0 Å². The fraction of sp³-hybridized carbons (Fsp3) is 0.217. The Hall–Kier alpha value is -3.83. The van der Waals surface area contributed by atoms with Gasteiger partial charge in [-0.05, 0) is 62.2 Å². The summed E-state index contributed by atoms with van der Waals surface area (Å²) < 4.78 is 27.6. The van der Waals surface area contributed by atoms with Crippen molar-refractivity contribution in [2.75, 3.05) is 10.6 Å². The Morgan fingerprint density at radius 3 is 2.38 bits per heavy atom. The van der Waals surface area contributed by atoms with Crippen LogP contribution in [0.4, 0.5) is 17.3 Å². The van der Waals surface area contributed by atoms with Crippen molar-refractivity contribution in [3.63, 3.8) is 0 Å². The third-order valence-corrected chi connectivity index (χ3v) is 7.15. The minimum absolute atomic E-state index is 0.00449. The van der Waals surface area contributed by atoms with Gasteiger partial charge in [-0.15, -0.1) is 0 Å². The van der Waals surface area contributed by atoms with Crippen molar-refractivity contribution in [3.05, 3.63) is 77.6 Å². The molecule has 0 saturated carbocycles. The first-order valence-corrected chi connectivity index (χ1v) is 11.9. The average Bonchev–Trinajstić information content (AvgIpc) is 2.95. The van der Waals surface area contributed by atoms with E-state index in [0.29, 0.717) is 22.8 Å². The molecule has 0 radical (unpaired) electrons. The van der Waals surface area contributed by atoms with Crippen LogP contribution in [0.15, 0.2) is 60.9 Å². The number of rotatable bonds is 6. The Kier molecular flexibility index (Phi) is 6.07. The average molecular weight is 481 g/mol. The summed E-state index contributed by atoms with van der Waals surface area (Å²) in [4.78, 5) is 33.0. The Morgan fingerprint density at radius 1 is 1.09 bits per heavy atom. The molecule has 1 saturated heterocycles. The van der Waals surface area contributed by atoms with Crippen molar-refractivity contribution in [2.45, 2.75) is 32.9 Å². The van der Waals surface area contributed by atoms with Crippen LogP contribution in [0, 0.1) is 6.92 Å². The van der Waals surface area contributed by atoms with Crippen LogP contribution in [-0.2, 0) is 21.5 Å². The Morgan fingerprint density at radius 2 is 1.76 bits per heavy atom. The van der Waals surface area contributed by atoms with Gasteiger partial charge in [0.2, 0.25) is 5.95 Å². The number of benzene rings is 2. The molecule has 1 aromatic heterocycles. The Labute approximate surface area is 197 Å². The van der Waals surface area contributed by atoms with Crippen LogP contribution < -0.4 is 15.4 Å². The second-order valence-electron chi connectivity index (χ2n) is 8.38. The molecule has 0 atom stereocenters. The molecule has 2 aromatic carbocycles. The normalized spacial score (nSPS) is 16.6. The Balaban J connectivity index is 1.45. The molecule has 3 aromatic rings. The molecule has 4 rings (SSSR count). The summed E-state index contributed by atoms with van der Waals surface area (Å²) in [5, 5.41) is 5.98. The summed E-state index contributed by atoms with van der Waals surface area (Å²) in [7, 11) is -3.90. The van der Waals surface area contributed by atoms with Gasteiger partial charge in [0.05, 0.1) is 0 Å². The third-order valence-electron chi connectivity index (χ3n) is 5.54. The van der Waals surface area contributed by atoms with Gasteiger partial charge in [0.15, 0.2) is 0 Å². The van der Waals surface area contributed by atoms with Crippen molar-refractivity contribution in [1.82, 2.24) is 19.0 Å². The molecule has 0 unspecified atom stereocenters. The molecule has 3 N–H and O–H groups in total. The zero-order valence-corrected chi connectivity index (χ0v) is 19.7. The quantitative estimate of drug-likeness (QED) is 0.494. The molecule has 2 amide bonds. The maximum atomic E-state index is 12.8. The van der Waals surface area contributed by atoms with Crippen LogP contribution in [0.1, 0.15) is 35.3 Å². The zero-order chi connectivity index (χ0) is 24.5. The summed E-state index contributed by atoms with van der Waals surface area (Å²) >= 11 is 0. The molecule has 34 heavy (non-hydrogen) atoms. The molecule has 2 heterocycles. The highest BCUT2D eigenvalue weighted by Gasteiger charge is 2.50. The molecular formula is C23H24N6O4S. The van der Waals surface area contributed by atoms with Crippen molar-refractivity contribution in [1.29, 1.82) is 0 Å². The second-order valence-corrected chi connectivity index (χ2v) is 9.98. The number of hydrogen-bond acceptors (Lipinski definition) is 7. The number of carbonyl (C=O) groups is 2. The Bertz CT molecular complexity index is 1340. The molecular weight excluding hydrogens is 456 g/mol. The highest BCUT2D eigenvalue weighted by molar-refractivity contribution is 7.88. The van der Waals surface area contributed by atoms with E-state index < -0.39 is 21.7 Å². The predicted molar refractivity (Wildman–Crippen MR) is 128 cm³/mol. The number of aryl methyl sites for hydroxylation is 1. The number of anilines is 3. The molecule has 11 heteroatoms. The maximum absolute atomic E-state index is 12.8. The van der Waals surface area contributed by atoms with Crippen molar-refractivity contribution >= 4 is 39.3 Å². The van der Waals surface area contributed by atoms with E-state index in [1.54, 1.807) is 68.7 Å². The van der Waals surface area contributed by atoms with Crippen molar-refractivity contribution < 1.29 is 18.0 Å². The first kappa shape index (κ1) is 23.3. The van der Waals surface area contributed by atoms with Crippen LogP contribution in [-0.4, -0.2) is 40.0 Å². The van der Waals surface area contributed by atoms with E-state index in [9.17, 15) is 18.0 Å². The van der Waals surface area contributed by atoms with Gasteiger partial charge < -0.3 is 10.6 Å². The predicted octanol–water partition coefficient (Wildman–Crippen LogP) is 2.74. The lowest BCUT2D eigenvalue weighted by Crippen LogP contribution is -2.43. The fourth-order valence-corrected chi connectivity index (χ4v) is 5.04. The smallest absolute Gasteiger partial charge is 0.305 e. The molecule has 0 spiro atoms. The SMILES string of the molecule is Cc1ccc(NC(=O)c2ccc(CN3C(C)(C)C(=O)NS3(=O)=O)cc2)cc1Nc1ncccn1. The molecule has 1 fully saturated rings. The summed E-state index contributed by atoms with van der Waals surface area (Å²) in [6.07, 6.45) is 3.27. The van der Waals surface area contributed by atoms with E-state index in [4.69, 9.17) is 0 Å². The van der Waals surface area contributed by atoms with Gasteiger partial charge in [0, 0.05) is 35.9 Å². The van der Waals surface area contributed by atoms with E-state index in [0.717, 1.165) is 15.6 Å². The van der Waals surface area contributed by atoms with Crippen LogP contribution >= 0.6 is 0 Å². The summed E-state index contributed by atoms with van der Waals surface area (Å²) in [5.41, 5.74) is 2.17. The zero-order valence-electron chi connectivity index (χ0n) is 18.9. The van der Waals surface area contributed by atoms with E-state index in [1.165, 1.54) is 0 Å². The van der Waals surface area contributed by atoms with E-state index in [2.05, 4.69) is 20.6 Å². The van der Waals surface area contributed by atoms with Gasteiger partial charge in [-0.3, -0.25) is 9.59 Å². The highest BCUT2D eigenvalue weighted by atomic mass is 32.2. The van der Waals surface area contributed by atoms with Gasteiger partial charge in [-0.1, -0.05) is 18.2 Å². The van der Waals surface area contributed by atoms with Crippen LogP contribution in [0.3, 0.4) is 0 Å². The fourth-order valence-electron chi connectivity index (χ4n) is 3.44. The monoisotopic (exact) mass is 480 g/mol. The molecule has 0 aliphatic carbocycles. The van der Waals surface area contributed by atoms with Crippen LogP contribution in [0.25, 0.3) is 0 Å². The number of nitrogens with zero attached hydrogens (tertiary/aromatic N) is 3. The topological polar surface area (TPSA) is 133 Å². The first-order chi connectivity index (χ1) is 16.1. The second kappa shape index (κ2) is 8.84. The lowest BCUT2D eigenvalue weighted by Gasteiger charge is -2.25. The summed E-state index contributed by atoms with van der Waals surface area (Å²) in [6.45, 7) is 5.03. The third kappa shape index (κ3) is 4.75.